The molecular weight excluding hydrogens is 450 g/mol. The quantitative estimate of drug-likeness (QED) is 0.378. The van der Waals surface area contributed by atoms with Crippen LogP contribution >= 0.6 is 11.6 Å². The van der Waals surface area contributed by atoms with Crippen LogP contribution in [-0.2, 0) is 6.54 Å². The van der Waals surface area contributed by atoms with Gasteiger partial charge in [-0.25, -0.2) is 9.97 Å². The molecule has 0 aliphatic heterocycles. The first-order valence-electron chi connectivity index (χ1n) is 10.5. The van der Waals surface area contributed by atoms with Gasteiger partial charge in [-0.3, -0.25) is 14.6 Å². The van der Waals surface area contributed by atoms with Crippen molar-refractivity contribution in [3.63, 3.8) is 0 Å². The molecule has 7 nitrogen and oxygen atoms in total. The van der Waals surface area contributed by atoms with Crippen LogP contribution < -0.4 is 11.3 Å². The van der Waals surface area contributed by atoms with E-state index < -0.39 is 5.78 Å². The summed E-state index contributed by atoms with van der Waals surface area (Å²) >= 11 is 6.53. The number of aromatic nitrogens is 4. The second kappa shape index (κ2) is 8.88. The third-order valence-electron chi connectivity index (χ3n) is 5.38. The number of hydrogen-bond acceptors (Lipinski definition) is 6. The zero-order valence-electron chi connectivity index (χ0n) is 17.9. The monoisotopic (exact) mass is 467 g/mol. The second-order valence-corrected chi connectivity index (χ2v) is 8.05. The number of nitrogens with zero attached hydrogens (tertiary/aromatic N) is 4. The van der Waals surface area contributed by atoms with Gasteiger partial charge in [0.15, 0.2) is 11.5 Å². The lowest BCUT2D eigenvalue weighted by atomic mass is 10.0. The number of nitrogen functional groups attached to an aromatic ring is 1. The molecule has 0 unspecified atom stereocenters. The number of ketones is 1. The zero-order chi connectivity index (χ0) is 23.7. The first kappa shape index (κ1) is 21.5. The lowest BCUT2D eigenvalue weighted by Crippen LogP contribution is -2.24. The van der Waals surface area contributed by atoms with E-state index in [0.29, 0.717) is 27.5 Å². The van der Waals surface area contributed by atoms with Gasteiger partial charge in [-0.05, 0) is 24.3 Å². The maximum Gasteiger partial charge on any atom is 0.250 e. The molecule has 5 rings (SSSR count). The van der Waals surface area contributed by atoms with Gasteiger partial charge >= 0.3 is 0 Å². The Hall–Kier alpha value is -4.36. The fourth-order valence-corrected chi connectivity index (χ4v) is 4.03. The number of pyridine rings is 2. The lowest BCUT2D eigenvalue weighted by Gasteiger charge is -2.14. The molecular formula is C26H18ClN5O2. The molecule has 0 aliphatic rings. The van der Waals surface area contributed by atoms with Crippen LogP contribution in [0.25, 0.3) is 33.4 Å². The minimum atomic E-state index is -0.423. The smallest absolute Gasteiger partial charge is 0.250 e. The third kappa shape index (κ3) is 4.04. The van der Waals surface area contributed by atoms with Crippen LogP contribution in [0.1, 0.15) is 10.5 Å². The number of fused-ring (bicyclic) bond motifs is 1. The molecule has 0 spiro atoms. The Labute approximate surface area is 199 Å². The Kier molecular flexibility index (Phi) is 5.61. The summed E-state index contributed by atoms with van der Waals surface area (Å²) in [5.41, 5.74) is 9.00. The molecule has 2 N–H and O–H groups in total. The molecule has 0 atom stereocenters. The van der Waals surface area contributed by atoms with Crippen LogP contribution in [-0.4, -0.2) is 25.3 Å². The summed E-state index contributed by atoms with van der Waals surface area (Å²) in [6, 6.07) is 21.5. The highest BCUT2D eigenvalue weighted by atomic mass is 35.5. The standard InChI is InChI=1S/C26H18ClN5O2/c27-19-14-18(13-17-9-6-11-29-22(17)19)24-23(16-7-2-1-3-8-16)31-26(28)25(30-24)20(33)15-32-12-5-4-10-21(32)34/h1-14H,15H2,(H2,28,31). The van der Waals surface area contributed by atoms with Gasteiger partial charge in [-0.2, -0.15) is 0 Å². The van der Waals surface area contributed by atoms with E-state index in [-0.39, 0.29) is 23.6 Å². The molecule has 2 aromatic carbocycles. The van der Waals surface area contributed by atoms with Gasteiger partial charge < -0.3 is 10.3 Å². The first-order chi connectivity index (χ1) is 16.5. The molecule has 3 heterocycles. The predicted molar refractivity (Wildman–Crippen MR) is 133 cm³/mol. The van der Waals surface area contributed by atoms with Gasteiger partial charge in [0.1, 0.15) is 0 Å². The maximum atomic E-state index is 13.1. The Morgan fingerprint density at radius 1 is 0.912 bits per heavy atom. The van der Waals surface area contributed by atoms with Gasteiger partial charge in [-0.15, -0.1) is 0 Å². The minimum absolute atomic E-state index is 0.00663. The fraction of sp³-hybridized carbons (Fsp3) is 0.0385. The highest BCUT2D eigenvalue weighted by Crippen LogP contribution is 2.35. The van der Waals surface area contributed by atoms with Crippen LogP contribution in [0.2, 0.25) is 5.02 Å². The van der Waals surface area contributed by atoms with Crippen molar-refractivity contribution in [2.75, 3.05) is 5.73 Å². The lowest BCUT2D eigenvalue weighted by molar-refractivity contribution is 0.0966. The minimum Gasteiger partial charge on any atom is -0.382 e. The molecule has 0 saturated carbocycles. The molecule has 34 heavy (non-hydrogen) atoms. The van der Waals surface area contributed by atoms with Crippen molar-refractivity contribution in [1.29, 1.82) is 0 Å². The molecule has 166 valence electrons. The highest BCUT2D eigenvalue weighted by Gasteiger charge is 2.21. The Bertz CT molecular complexity index is 1600. The zero-order valence-corrected chi connectivity index (χ0v) is 18.6. The second-order valence-electron chi connectivity index (χ2n) is 7.64. The van der Waals surface area contributed by atoms with Gasteiger partial charge in [0.25, 0.3) is 5.56 Å². The van der Waals surface area contributed by atoms with E-state index in [4.69, 9.17) is 17.3 Å². The number of carbonyl (C=O) groups is 1. The van der Waals surface area contributed by atoms with Crippen LogP contribution in [0.3, 0.4) is 0 Å². The molecule has 0 saturated heterocycles. The highest BCUT2D eigenvalue weighted by molar-refractivity contribution is 6.35. The molecule has 0 fully saturated rings. The molecule has 0 bridgehead atoms. The number of benzene rings is 2. The Morgan fingerprint density at radius 2 is 1.68 bits per heavy atom. The van der Waals surface area contributed by atoms with Gasteiger partial charge in [0.2, 0.25) is 5.78 Å². The normalized spacial score (nSPS) is 11.0. The number of anilines is 1. The summed E-state index contributed by atoms with van der Waals surface area (Å²) in [7, 11) is 0. The molecule has 0 radical (unpaired) electrons. The van der Waals surface area contributed by atoms with E-state index in [1.165, 1.54) is 10.6 Å². The first-order valence-corrected chi connectivity index (χ1v) is 10.9. The summed E-state index contributed by atoms with van der Waals surface area (Å²) in [6.45, 7) is -0.203. The largest absolute Gasteiger partial charge is 0.382 e. The molecule has 3 aromatic heterocycles. The predicted octanol–water partition coefficient (Wildman–Crippen LogP) is 4.64. The van der Waals surface area contributed by atoms with Crippen molar-refractivity contribution in [2.24, 2.45) is 0 Å². The van der Waals surface area contributed by atoms with E-state index in [0.717, 1.165) is 10.9 Å². The number of carbonyl (C=O) groups excluding carboxylic acids is 1. The van der Waals surface area contributed by atoms with Crippen LogP contribution in [0.5, 0.6) is 0 Å². The number of nitrogens with two attached hydrogens (primary N) is 1. The average molecular weight is 468 g/mol. The van der Waals surface area contributed by atoms with E-state index >= 15 is 0 Å². The van der Waals surface area contributed by atoms with E-state index in [1.54, 1.807) is 30.6 Å². The number of halogens is 1. The molecule has 0 aliphatic carbocycles. The third-order valence-corrected chi connectivity index (χ3v) is 5.67. The Balaban J connectivity index is 1.70. The average Bonchev–Trinajstić information content (AvgIpc) is 2.85. The summed E-state index contributed by atoms with van der Waals surface area (Å²) < 4.78 is 1.30. The van der Waals surface area contributed by atoms with Gasteiger partial charge in [0.05, 0.1) is 28.5 Å². The summed E-state index contributed by atoms with van der Waals surface area (Å²) in [5, 5.41) is 1.28. The van der Waals surface area contributed by atoms with Crippen molar-refractivity contribution in [3.05, 3.63) is 106 Å². The number of hydrogen-bond donors (Lipinski definition) is 1. The number of Topliss-reactive ketones (excluding diaryl/α,β-unsaturated/α-hetero) is 1. The summed E-state index contributed by atoms with van der Waals surface area (Å²) in [4.78, 5) is 38.8. The van der Waals surface area contributed by atoms with E-state index in [2.05, 4.69) is 15.0 Å². The maximum absolute atomic E-state index is 13.1. The van der Waals surface area contributed by atoms with E-state index in [1.807, 2.05) is 48.5 Å². The Morgan fingerprint density at radius 3 is 2.47 bits per heavy atom. The van der Waals surface area contributed by atoms with Crippen molar-refractivity contribution in [2.45, 2.75) is 6.54 Å². The summed E-state index contributed by atoms with van der Waals surface area (Å²) in [5.74, 6) is -0.433. The van der Waals surface area contributed by atoms with E-state index in [9.17, 15) is 9.59 Å². The van der Waals surface area contributed by atoms with Gasteiger partial charge in [0, 0.05) is 35.0 Å². The SMILES string of the molecule is Nc1nc(-c2ccccc2)c(-c2cc(Cl)c3ncccc3c2)nc1C(=O)Cn1ccccc1=O. The molecule has 5 aromatic rings. The van der Waals surface area contributed by atoms with Gasteiger partial charge in [-0.1, -0.05) is 54.1 Å². The van der Waals surface area contributed by atoms with Crippen molar-refractivity contribution >= 4 is 34.1 Å². The fourth-order valence-electron chi connectivity index (χ4n) is 3.76. The van der Waals surface area contributed by atoms with Crippen LogP contribution in [0.4, 0.5) is 5.82 Å². The van der Waals surface area contributed by atoms with Crippen LogP contribution in [0, 0.1) is 0 Å². The van der Waals surface area contributed by atoms with Crippen molar-refractivity contribution in [3.8, 4) is 22.5 Å². The summed E-state index contributed by atoms with van der Waals surface area (Å²) in [6.07, 6.45) is 3.22. The molecule has 0 amide bonds. The van der Waals surface area contributed by atoms with Crippen LogP contribution in [0.15, 0.2) is 90.0 Å². The topological polar surface area (TPSA) is 104 Å². The number of rotatable bonds is 5. The van der Waals surface area contributed by atoms with Crippen molar-refractivity contribution in [1.82, 2.24) is 19.5 Å². The van der Waals surface area contributed by atoms with Crippen molar-refractivity contribution < 1.29 is 4.79 Å². The molecule has 8 heteroatoms.